The quantitative estimate of drug-likeness (QED) is 0.354. The van der Waals surface area contributed by atoms with E-state index in [-0.39, 0.29) is 24.9 Å². The first-order chi connectivity index (χ1) is 11.1. The summed E-state index contributed by atoms with van der Waals surface area (Å²) < 4.78 is 27.2. The van der Waals surface area contributed by atoms with Gasteiger partial charge in [0.15, 0.2) is 0 Å². The number of rotatable bonds is 9. The average Bonchev–Trinajstić information content (AvgIpc) is 2.83. The molecule has 1 fully saturated rings. The van der Waals surface area contributed by atoms with Gasteiger partial charge in [0.25, 0.3) is 5.91 Å². The van der Waals surface area contributed by atoms with Gasteiger partial charge in [0.1, 0.15) is 6.23 Å². The van der Waals surface area contributed by atoms with Crippen molar-refractivity contribution in [3.05, 3.63) is 12.3 Å². The molecule has 1 saturated heterocycles. The normalized spacial score (nSPS) is 26.5. The van der Waals surface area contributed by atoms with E-state index in [1.165, 1.54) is 12.3 Å². The number of ether oxygens (including phenoxy) is 1. The van der Waals surface area contributed by atoms with Crippen LogP contribution in [0.1, 0.15) is 27.2 Å². The molecule has 0 aromatic heterocycles. The Balaban J connectivity index is 2.50. The fourth-order valence-corrected chi connectivity index (χ4v) is 3.32. The average molecular weight is 364 g/mol. The smallest absolute Gasteiger partial charge is 0.355 e. The standard InChI is InChI=1S/C14H25N2O7P/c1-10(2)23-24(19,20)21-8-12-7-11(3)14(22-12)16(4)6-5-13(18)15-9-17/h5-6,9-12,14H,7-8H2,1-4H3,(H,19,20)(H,15,17,18)/b6-5-. The number of amides is 2. The van der Waals surface area contributed by atoms with Gasteiger partial charge >= 0.3 is 7.82 Å². The molecule has 0 bridgehead atoms. The Bertz CT molecular complexity index is 511. The number of nitrogens with zero attached hydrogens (tertiary/aromatic N) is 1. The summed E-state index contributed by atoms with van der Waals surface area (Å²) in [5.74, 6) is -0.416. The highest BCUT2D eigenvalue weighted by Gasteiger charge is 2.36. The van der Waals surface area contributed by atoms with E-state index in [2.05, 4.69) is 0 Å². The summed E-state index contributed by atoms with van der Waals surface area (Å²) in [7, 11) is -2.36. The Hall–Kier alpha value is -1.25. The van der Waals surface area contributed by atoms with E-state index < -0.39 is 19.8 Å². The summed E-state index contributed by atoms with van der Waals surface area (Å²) in [6.07, 6.45) is 2.55. The summed E-state index contributed by atoms with van der Waals surface area (Å²) in [6, 6.07) is 0. The molecule has 1 aliphatic rings. The molecule has 138 valence electrons. The van der Waals surface area contributed by atoms with Crippen LogP contribution in [-0.4, -0.2) is 54.2 Å². The van der Waals surface area contributed by atoms with Crippen molar-refractivity contribution >= 4 is 20.1 Å². The van der Waals surface area contributed by atoms with Crippen LogP contribution >= 0.6 is 7.82 Å². The number of phosphoric ester groups is 1. The second-order valence-corrected chi connectivity index (χ2v) is 7.29. The molecule has 0 aromatic rings. The second kappa shape index (κ2) is 9.29. The Morgan fingerprint density at radius 3 is 2.79 bits per heavy atom. The van der Waals surface area contributed by atoms with Gasteiger partial charge in [0, 0.05) is 25.2 Å². The highest BCUT2D eigenvalue weighted by atomic mass is 31.2. The zero-order valence-corrected chi connectivity index (χ0v) is 15.1. The summed E-state index contributed by atoms with van der Waals surface area (Å²) in [5, 5.41) is 2.00. The maximum Gasteiger partial charge on any atom is 0.472 e. The number of hydrogen-bond donors (Lipinski definition) is 2. The Morgan fingerprint density at radius 2 is 2.21 bits per heavy atom. The lowest BCUT2D eigenvalue weighted by Crippen LogP contribution is -2.32. The summed E-state index contributed by atoms with van der Waals surface area (Å²) in [4.78, 5) is 32.6. The summed E-state index contributed by atoms with van der Waals surface area (Å²) in [6.45, 7) is 5.17. The molecule has 4 atom stereocenters. The van der Waals surface area contributed by atoms with E-state index in [4.69, 9.17) is 13.8 Å². The van der Waals surface area contributed by atoms with Crippen LogP contribution in [-0.2, 0) is 27.9 Å². The Morgan fingerprint density at radius 1 is 1.54 bits per heavy atom. The molecular weight excluding hydrogens is 339 g/mol. The summed E-state index contributed by atoms with van der Waals surface area (Å²) >= 11 is 0. The minimum Gasteiger partial charge on any atom is -0.355 e. The molecule has 1 rings (SSSR count). The minimum atomic E-state index is -4.09. The van der Waals surface area contributed by atoms with Gasteiger partial charge in [0.05, 0.1) is 18.8 Å². The van der Waals surface area contributed by atoms with Gasteiger partial charge < -0.3 is 14.5 Å². The van der Waals surface area contributed by atoms with Crippen molar-refractivity contribution in [3.8, 4) is 0 Å². The van der Waals surface area contributed by atoms with Gasteiger partial charge in [0.2, 0.25) is 6.41 Å². The van der Waals surface area contributed by atoms with E-state index in [1.54, 1.807) is 25.8 Å². The van der Waals surface area contributed by atoms with E-state index in [1.807, 2.05) is 12.2 Å². The van der Waals surface area contributed by atoms with Gasteiger partial charge in [-0.15, -0.1) is 0 Å². The molecule has 0 radical (unpaired) electrons. The molecule has 2 amide bonds. The molecule has 4 unspecified atom stereocenters. The maximum absolute atomic E-state index is 11.7. The first-order valence-electron chi connectivity index (χ1n) is 7.60. The first kappa shape index (κ1) is 20.8. The van der Waals surface area contributed by atoms with E-state index in [9.17, 15) is 19.0 Å². The van der Waals surface area contributed by atoms with Crippen LogP contribution in [0.2, 0.25) is 0 Å². The van der Waals surface area contributed by atoms with Crippen LogP contribution < -0.4 is 5.32 Å². The number of carbonyl (C=O) groups is 2. The molecule has 2 N–H and O–H groups in total. The number of nitrogens with one attached hydrogen (secondary N) is 1. The molecular formula is C14H25N2O7P. The van der Waals surface area contributed by atoms with E-state index in [0.29, 0.717) is 12.8 Å². The van der Waals surface area contributed by atoms with Gasteiger partial charge in [-0.1, -0.05) is 6.92 Å². The third-order valence-corrected chi connectivity index (χ3v) is 4.45. The van der Waals surface area contributed by atoms with Crippen molar-refractivity contribution in [2.24, 2.45) is 5.92 Å². The molecule has 1 heterocycles. The predicted molar refractivity (Wildman–Crippen MR) is 85.6 cm³/mol. The number of imide groups is 1. The van der Waals surface area contributed by atoms with Gasteiger partial charge in [-0.25, -0.2) is 4.57 Å². The number of carbonyl (C=O) groups excluding carboxylic acids is 2. The zero-order chi connectivity index (χ0) is 18.3. The molecule has 0 saturated carbocycles. The monoisotopic (exact) mass is 364 g/mol. The molecule has 24 heavy (non-hydrogen) atoms. The minimum absolute atomic E-state index is 0.0650. The number of phosphoric acid groups is 1. The van der Waals surface area contributed by atoms with Crippen molar-refractivity contribution < 1.29 is 32.8 Å². The van der Waals surface area contributed by atoms with E-state index >= 15 is 0 Å². The van der Waals surface area contributed by atoms with Crippen LogP contribution in [0.15, 0.2) is 12.3 Å². The summed E-state index contributed by atoms with van der Waals surface area (Å²) in [5.41, 5.74) is 0. The predicted octanol–water partition coefficient (Wildman–Crippen LogP) is 0.998. The van der Waals surface area contributed by atoms with Crippen LogP contribution in [0, 0.1) is 5.92 Å². The van der Waals surface area contributed by atoms with Crippen LogP contribution in [0.5, 0.6) is 0 Å². The zero-order valence-electron chi connectivity index (χ0n) is 14.2. The van der Waals surface area contributed by atoms with Crippen molar-refractivity contribution in [2.75, 3.05) is 13.7 Å². The first-order valence-corrected chi connectivity index (χ1v) is 9.09. The maximum atomic E-state index is 11.7. The fraction of sp³-hybridized carbons (Fsp3) is 0.714. The lowest BCUT2D eigenvalue weighted by atomic mass is 10.1. The molecule has 9 nitrogen and oxygen atoms in total. The lowest BCUT2D eigenvalue weighted by Gasteiger charge is -2.25. The topological polar surface area (TPSA) is 114 Å². The van der Waals surface area contributed by atoms with Gasteiger partial charge in [-0.3, -0.25) is 24.0 Å². The molecule has 1 aliphatic heterocycles. The highest BCUT2D eigenvalue weighted by Crippen LogP contribution is 2.45. The van der Waals surface area contributed by atoms with Gasteiger partial charge in [-0.2, -0.15) is 0 Å². The van der Waals surface area contributed by atoms with Crippen molar-refractivity contribution in [1.29, 1.82) is 0 Å². The van der Waals surface area contributed by atoms with Crippen molar-refractivity contribution in [1.82, 2.24) is 10.2 Å². The highest BCUT2D eigenvalue weighted by molar-refractivity contribution is 7.47. The Labute approximate surface area is 141 Å². The van der Waals surface area contributed by atoms with Crippen molar-refractivity contribution in [2.45, 2.75) is 45.6 Å². The number of hydrogen-bond acceptors (Lipinski definition) is 7. The Kier molecular flexibility index (Phi) is 8.05. The third-order valence-electron chi connectivity index (χ3n) is 3.28. The van der Waals surface area contributed by atoms with Crippen LogP contribution in [0.25, 0.3) is 0 Å². The van der Waals surface area contributed by atoms with Gasteiger partial charge in [-0.05, 0) is 20.3 Å². The van der Waals surface area contributed by atoms with Crippen LogP contribution in [0.3, 0.4) is 0 Å². The SMILES string of the molecule is CC(C)OP(=O)(O)OCC1CC(C)C(N(C)/C=C\C(=O)NC=O)O1. The van der Waals surface area contributed by atoms with E-state index in [0.717, 1.165) is 0 Å². The fourth-order valence-electron chi connectivity index (χ4n) is 2.37. The van der Waals surface area contributed by atoms with Crippen LogP contribution in [0.4, 0.5) is 0 Å². The lowest BCUT2D eigenvalue weighted by molar-refractivity contribution is -0.121. The molecule has 0 spiro atoms. The molecule has 0 aromatic carbocycles. The molecule has 10 heteroatoms. The van der Waals surface area contributed by atoms with Crippen molar-refractivity contribution in [3.63, 3.8) is 0 Å². The third kappa shape index (κ3) is 7.11. The largest absolute Gasteiger partial charge is 0.472 e. The molecule has 0 aliphatic carbocycles. The second-order valence-electron chi connectivity index (χ2n) is 5.89.